The van der Waals surface area contributed by atoms with Gasteiger partial charge in [0.15, 0.2) is 0 Å². The highest BCUT2D eigenvalue weighted by Gasteiger charge is 2.37. The number of nitrogens with zero attached hydrogens (tertiary/aromatic N) is 2. The first-order valence-corrected chi connectivity index (χ1v) is 11.5. The second kappa shape index (κ2) is 11.0. The number of rotatable bonds is 7. The Morgan fingerprint density at radius 2 is 2.06 bits per heavy atom. The van der Waals surface area contributed by atoms with Crippen molar-refractivity contribution >= 4 is 23.6 Å². The largest absolute Gasteiger partial charge is 0.452 e. The normalized spacial score (nSPS) is 21.4. The van der Waals surface area contributed by atoms with Crippen LogP contribution in [0.2, 0.25) is 0 Å². The molecule has 0 aromatic heterocycles. The Labute approximate surface area is 190 Å². The molecule has 2 aliphatic heterocycles. The van der Waals surface area contributed by atoms with E-state index in [9.17, 15) is 9.59 Å². The SMILES string of the molecule is COC(=O)N1c2ccc(C(CN)CNC[C@H]3CCNC3)cc2N(C(=O)OC(C)C)C[C@@H]1C. The van der Waals surface area contributed by atoms with E-state index >= 15 is 0 Å². The summed E-state index contributed by atoms with van der Waals surface area (Å²) in [5.74, 6) is 0.733. The molecule has 9 heteroatoms. The van der Waals surface area contributed by atoms with Crippen LogP contribution in [0.25, 0.3) is 0 Å². The lowest BCUT2D eigenvalue weighted by Gasteiger charge is -2.40. The Balaban J connectivity index is 1.86. The van der Waals surface area contributed by atoms with Crippen LogP contribution in [0.1, 0.15) is 38.7 Å². The summed E-state index contributed by atoms with van der Waals surface area (Å²) in [6.07, 6.45) is 0.0683. The predicted molar refractivity (Wildman–Crippen MR) is 125 cm³/mol. The zero-order valence-electron chi connectivity index (χ0n) is 19.6. The molecule has 1 saturated heterocycles. The highest BCUT2D eigenvalue weighted by Crippen LogP contribution is 2.38. The number of fused-ring (bicyclic) bond motifs is 1. The Hall–Kier alpha value is -2.36. The van der Waals surface area contributed by atoms with E-state index in [0.717, 1.165) is 31.7 Å². The van der Waals surface area contributed by atoms with E-state index in [-0.39, 0.29) is 18.1 Å². The Bertz CT molecular complexity index is 797. The maximum absolute atomic E-state index is 12.9. The second-order valence-electron chi connectivity index (χ2n) is 8.93. The Morgan fingerprint density at radius 1 is 1.28 bits per heavy atom. The predicted octanol–water partition coefficient (Wildman–Crippen LogP) is 2.25. The fourth-order valence-corrected chi connectivity index (χ4v) is 4.40. The number of hydrogen-bond acceptors (Lipinski definition) is 7. The van der Waals surface area contributed by atoms with Gasteiger partial charge in [-0.1, -0.05) is 6.07 Å². The molecule has 1 aromatic rings. The van der Waals surface area contributed by atoms with Gasteiger partial charge in [0.25, 0.3) is 0 Å². The molecule has 0 aliphatic carbocycles. The van der Waals surface area contributed by atoms with E-state index in [2.05, 4.69) is 10.6 Å². The van der Waals surface area contributed by atoms with Crippen molar-refractivity contribution in [3.05, 3.63) is 23.8 Å². The molecule has 3 atom stereocenters. The fraction of sp³-hybridized carbons (Fsp3) is 0.652. The number of methoxy groups -OCH3 is 1. The molecule has 32 heavy (non-hydrogen) atoms. The van der Waals surface area contributed by atoms with Gasteiger partial charge >= 0.3 is 12.2 Å². The zero-order valence-corrected chi connectivity index (χ0v) is 19.6. The van der Waals surface area contributed by atoms with Gasteiger partial charge in [0.2, 0.25) is 0 Å². The van der Waals surface area contributed by atoms with E-state index in [4.69, 9.17) is 15.2 Å². The monoisotopic (exact) mass is 447 g/mol. The molecular formula is C23H37N5O4. The van der Waals surface area contributed by atoms with Crippen LogP contribution in [0.3, 0.4) is 0 Å². The molecule has 2 heterocycles. The van der Waals surface area contributed by atoms with Crippen LogP contribution in [-0.2, 0) is 9.47 Å². The number of anilines is 2. The molecule has 2 aliphatic rings. The average Bonchev–Trinajstić information content (AvgIpc) is 3.28. The molecule has 0 spiro atoms. The van der Waals surface area contributed by atoms with Crippen molar-refractivity contribution in [2.75, 3.05) is 56.2 Å². The average molecular weight is 448 g/mol. The molecule has 0 radical (unpaired) electrons. The van der Waals surface area contributed by atoms with Gasteiger partial charge < -0.3 is 25.8 Å². The summed E-state index contributed by atoms with van der Waals surface area (Å²) in [5.41, 5.74) is 8.39. The third-order valence-corrected chi connectivity index (χ3v) is 6.11. The van der Waals surface area contributed by atoms with Crippen molar-refractivity contribution in [2.45, 2.75) is 45.3 Å². The van der Waals surface area contributed by atoms with Crippen LogP contribution >= 0.6 is 0 Å². The number of amides is 2. The minimum atomic E-state index is -0.453. The molecule has 3 rings (SSSR count). The molecular weight excluding hydrogens is 410 g/mol. The molecule has 4 N–H and O–H groups in total. The number of nitrogens with one attached hydrogen (secondary N) is 2. The maximum Gasteiger partial charge on any atom is 0.414 e. The summed E-state index contributed by atoms with van der Waals surface area (Å²) in [5, 5.41) is 6.93. The molecule has 1 fully saturated rings. The van der Waals surface area contributed by atoms with Gasteiger partial charge in [-0.2, -0.15) is 0 Å². The van der Waals surface area contributed by atoms with E-state index in [0.29, 0.717) is 30.4 Å². The minimum absolute atomic E-state index is 0.0866. The molecule has 0 bridgehead atoms. The quantitative estimate of drug-likeness (QED) is 0.588. The number of carbonyl (C=O) groups is 2. The van der Waals surface area contributed by atoms with Gasteiger partial charge in [0.05, 0.1) is 37.2 Å². The van der Waals surface area contributed by atoms with Gasteiger partial charge in [0, 0.05) is 19.0 Å². The summed E-state index contributed by atoms with van der Waals surface area (Å²) in [6, 6.07) is 5.55. The van der Waals surface area contributed by atoms with E-state index in [1.165, 1.54) is 13.5 Å². The van der Waals surface area contributed by atoms with Gasteiger partial charge in [-0.25, -0.2) is 9.59 Å². The summed E-state index contributed by atoms with van der Waals surface area (Å²) >= 11 is 0. The van der Waals surface area contributed by atoms with Crippen molar-refractivity contribution in [2.24, 2.45) is 11.7 Å². The lowest BCUT2D eigenvalue weighted by atomic mass is 9.96. The van der Waals surface area contributed by atoms with Crippen LogP contribution in [0.15, 0.2) is 18.2 Å². The number of benzene rings is 1. The standard InChI is InChI=1S/C23H37N5O4/c1-15(2)32-22(29)27-14-16(3)28(23(30)31-4)20-6-5-18(9-21(20)27)19(10-24)13-26-12-17-7-8-25-11-17/h5-6,9,15-17,19,25-26H,7-8,10-14,24H2,1-4H3/t16-,17-,19?/m0/s1. The summed E-state index contributed by atoms with van der Waals surface area (Å²) < 4.78 is 10.5. The van der Waals surface area contributed by atoms with Gasteiger partial charge in [-0.3, -0.25) is 9.80 Å². The zero-order chi connectivity index (χ0) is 23.3. The summed E-state index contributed by atoms with van der Waals surface area (Å²) in [6.45, 7) is 10.1. The van der Waals surface area contributed by atoms with Crippen LogP contribution in [0.5, 0.6) is 0 Å². The van der Waals surface area contributed by atoms with Crippen LogP contribution < -0.4 is 26.2 Å². The van der Waals surface area contributed by atoms with Crippen molar-refractivity contribution in [3.63, 3.8) is 0 Å². The number of hydrogen-bond donors (Lipinski definition) is 3. The molecule has 9 nitrogen and oxygen atoms in total. The Kier molecular flexibility index (Phi) is 8.33. The highest BCUT2D eigenvalue weighted by molar-refractivity contribution is 6.00. The number of nitrogens with two attached hydrogens (primary N) is 1. The van der Waals surface area contributed by atoms with Crippen LogP contribution in [0.4, 0.5) is 21.0 Å². The topological polar surface area (TPSA) is 109 Å². The molecule has 1 unspecified atom stereocenters. The van der Waals surface area contributed by atoms with Crippen molar-refractivity contribution in [1.29, 1.82) is 0 Å². The maximum atomic E-state index is 12.9. The van der Waals surface area contributed by atoms with E-state index in [1.54, 1.807) is 9.80 Å². The lowest BCUT2D eigenvalue weighted by molar-refractivity contribution is 0.121. The summed E-state index contributed by atoms with van der Waals surface area (Å²) in [7, 11) is 1.36. The van der Waals surface area contributed by atoms with Crippen molar-refractivity contribution < 1.29 is 19.1 Å². The van der Waals surface area contributed by atoms with Crippen LogP contribution in [0, 0.1) is 5.92 Å². The Morgan fingerprint density at radius 3 is 2.69 bits per heavy atom. The third-order valence-electron chi connectivity index (χ3n) is 6.11. The van der Waals surface area contributed by atoms with Gasteiger partial charge in [-0.05, 0) is 70.4 Å². The second-order valence-corrected chi connectivity index (χ2v) is 8.93. The molecule has 1 aromatic carbocycles. The fourth-order valence-electron chi connectivity index (χ4n) is 4.40. The van der Waals surface area contributed by atoms with Gasteiger partial charge in [-0.15, -0.1) is 0 Å². The van der Waals surface area contributed by atoms with Crippen LogP contribution in [-0.4, -0.2) is 70.7 Å². The number of ether oxygens (including phenoxy) is 2. The van der Waals surface area contributed by atoms with Gasteiger partial charge in [0.1, 0.15) is 0 Å². The lowest BCUT2D eigenvalue weighted by Crippen LogP contribution is -2.52. The molecule has 0 saturated carbocycles. The molecule has 178 valence electrons. The third kappa shape index (κ3) is 5.51. The van der Waals surface area contributed by atoms with E-state index < -0.39 is 12.2 Å². The smallest absolute Gasteiger partial charge is 0.414 e. The highest BCUT2D eigenvalue weighted by atomic mass is 16.6. The first kappa shape index (κ1) is 24.3. The summed E-state index contributed by atoms with van der Waals surface area (Å²) in [4.78, 5) is 28.5. The number of carbonyl (C=O) groups excluding carboxylic acids is 2. The first-order valence-electron chi connectivity index (χ1n) is 11.5. The molecule has 2 amide bonds. The minimum Gasteiger partial charge on any atom is -0.452 e. The first-order chi connectivity index (χ1) is 15.3. The van der Waals surface area contributed by atoms with Crippen molar-refractivity contribution in [3.8, 4) is 0 Å². The van der Waals surface area contributed by atoms with Crippen molar-refractivity contribution in [1.82, 2.24) is 10.6 Å². The van der Waals surface area contributed by atoms with E-state index in [1.807, 2.05) is 39.0 Å².